The zero-order valence-electron chi connectivity index (χ0n) is 47.6. The third-order valence-corrected chi connectivity index (χ3v) is 15.0. The molecule has 2 atom stereocenters. The zero-order valence-corrected chi connectivity index (χ0v) is 47.6. The summed E-state index contributed by atoms with van der Waals surface area (Å²) < 4.78 is 8.50. The lowest BCUT2D eigenvalue weighted by molar-refractivity contribution is -0.131. The fourth-order valence-electron chi connectivity index (χ4n) is 11.5. The Bertz CT molecular complexity index is 3040. The number of imidazole rings is 2. The van der Waals surface area contributed by atoms with Gasteiger partial charge in [-0.3, -0.25) is 29.3 Å². The van der Waals surface area contributed by atoms with Gasteiger partial charge in [0.2, 0.25) is 18.7 Å². The van der Waals surface area contributed by atoms with Gasteiger partial charge in [-0.1, -0.05) is 100 Å². The summed E-state index contributed by atoms with van der Waals surface area (Å²) in [6, 6.07) is 28.9. The molecule has 2 aliphatic heterocycles. The third-order valence-electron chi connectivity index (χ3n) is 15.0. The van der Waals surface area contributed by atoms with E-state index in [2.05, 4.69) is 107 Å². The van der Waals surface area contributed by atoms with E-state index in [0.29, 0.717) is 18.9 Å². The average Bonchev–Trinajstić information content (AvgIpc) is 4.42. The minimum atomic E-state index is -0.0490. The second-order valence-corrected chi connectivity index (χ2v) is 21.4. The van der Waals surface area contributed by atoms with E-state index < -0.39 is 0 Å². The number of benzene rings is 3. The Morgan fingerprint density at radius 2 is 1.05 bits per heavy atom. The normalized spacial score (nSPS) is 17.1. The number of pyridine rings is 2. The van der Waals surface area contributed by atoms with E-state index in [1.807, 2.05) is 78.0 Å². The number of primary amides is 2. The molecule has 3 amide bonds. The Morgan fingerprint density at radius 1 is 0.620 bits per heavy atom. The summed E-state index contributed by atoms with van der Waals surface area (Å²) in [4.78, 5) is 71.8. The van der Waals surface area contributed by atoms with E-state index in [4.69, 9.17) is 29.5 Å². The van der Waals surface area contributed by atoms with Gasteiger partial charge in [0.25, 0.3) is 0 Å². The van der Waals surface area contributed by atoms with E-state index in [9.17, 15) is 9.59 Å². The smallest absolute Gasteiger partial charge is 0.227 e. The highest BCUT2D eigenvalue weighted by atomic mass is 16.5. The maximum atomic E-state index is 13.4. The average molecular weight is 1070 g/mol. The number of aromatic amines is 2. The van der Waals surface area contributed by atoms with Crippen molar-refractivity contribution in [3.63, 3.8) is 0 Å². The van der Waals surface area contributed by atoms with Gasteiger partial charge < -0.3 is 40.6 Å². The van der Waals surface area contributed by atoms with Crippen molar-refractivity contribution in [2.24, 2.45) is 11.5 Å². The van der Waals surface area contributed by atoms with Gasteiger partial charge in [-0.2, -0.15) is 0 Å². The number of rotatable bonds is 10. The number of H-pyrrole nitrogens is 2. The number of methoxy groups -OCH3 is 2. The second-order valence-electron chi connectivity index (χ2n) is 21.4. The topological polar surface area (TPSA) is 228 Å². The van der Waals surface area contributed by atoms with E-state index >= 15 is 0 Å². The van der Waals surface area contributed by atoms with Crippen molar-refractivity contribution in [2.75, 3.05) is 48.6 Å². The maximum absolute atomic E-state index is 13.4. The Morgan fingerprint density at radius 3 is 1.47 bits per heavy atom. The molecule has 6 heterocycles. The van der Waals surface area contributed by atoms with Crippen molar-refractivity contribution in [1.29, 1.82) is 0 Å². The molecule has 0 bridgehead atoms. The molecule has 0 unspecified atom stereocenters. The highest BCUT2D eigenvalue weighted by molar-refractivity contribution is 5.87. The zero-order chi connectivity index (χ0) is 57.1. The maximum Gasteiger partial charge on any atom is 0.227 e. The van der Waals surface area contributed by atoms with Gasteiger partial charge in [0.1, 0.15) is 17.9 Å². The van der Waals surface area contributed by atoms with Crippen molar-refractivity contribution in [3.8, 4) is 45.0 Å². The minimum Gasteiger partial charge on any atom is -0.388 e. The first-order valence-electron chi connectivity index (χ1n) is 27.0. The molecule has 2 saturated heterocycles. The van der Waals surface area contributed by atoms with Crippen molar-refractivity contribution in [2.45, 2.75) is 115 Å². The monoisotopic (exact) mass is 1070 g/mol. The summed E-state index contributed by atoms with van der Waals surface area (Å²) in [5.41, 5.74) is 25.2. The minimum absolute atomic E-state index is 0.0241. The van der Waals surface area contributed by atoms with Crippen LogP contribution in [0.3, 0.4) is 0 Å². The fraction of sp³-hybridized carbons (Fsp3) is 0.397. The largest absolute Gasteiger partial charge is 0.388 e. The van der Waals surface area contributed by atoms with Crippen molar-refractivity contribution < 1.29 is 28.7 Å². The standard InChI is InChI=1S/C49H54N8O.C8H8O.2C2H6O.2CH3NO/c1-48(2)22-20-34-43(32-16-18-36(51-27-32)38-29-53-47(55-38)40-14-10-24-57(40)41(58)25-30-11-7-6-8-12-30)45-33(19-21-49(45,3)4)42(44(34)48)31-15-17-35(50-26-31)37-28-52-46(54-37)39-13-9-23-56(39)5;9-7-6-8-4-2-1-3-5-8;2*1-3-2;2*2-1-3/h6-8,11-12,15-18,26-29,39-40H,9-10,13-14,19-25H2,1-5H3,(H,52,54)(H,53,55);1-5,7H,6H2;2*1-2H3;2*1H,(H2,2,3)/t39-,40-;;;;;/m0...../s1. The molecule has 4 aromatic heterocycles. The molecule has 79 heavy (non-hydrogen) atoms. The molecular formula is C63H80N10O6. The highest BCUT2D eigenvalue weighted by Gasteiger charge is 2.43. The Labute approximate surface area is 466 Å². The molecule has 3 aromatic carbocycles. The number of hydrogen-bond donors (Lipinski definition) is 4. The molecule has 0 radical (unpaired) electrons. The van der Waals surface area contributed by atoms with E-state index in [0.717, 1.165) is 110 Å². The molecule has 2 fully saturated rings. The summed E-state index contributed by atoms with van der Waals surface area (Å²) in [6.07, 6.45) is 18.9. The summed E-state index contributed by atoms with van der Waals surface area (Å²) in [5.74, 6) is 2.02. The van der Waals surface area contributed by atoms with Crippen LogP contribution < -0.4 is 11.5 Å². The first-order chi connectivity index (χ1) is 38.1. The van der Waals surface area contributed by atoms with E-state index in [1.165, 1.54) is 50.9 Å². The van der Waals surface area contributed by atoms with E-state index in [-0.39, 0.29) is 35.6 Å². The number of carbonyl (C=O) groups excluding carboxylic acids is 4. The SMILES string of the molecule is CN1CCC[C@H]1c1ncc(-c2ccc(-c3c4c(c(-c5ccc(-c6cnc([C@@H]7CCCN7C(=O)Cc7ccccc7)[nH]6)nc5)c5c3C(C)(C)CC5)C(C)(C)CC4)cn2)[nH]1.COC.COC.NC=O.NC=O.O=CCc1ccccc1. The summed E-state index contributed by atoms with van der Waals surface area (Å²) in [7, 11) is 8.68. The lowest BCUT2D eigenvalue weighted by atomic mass is 9.74. The van der Waals surface area contributed by atoms with Gasteiger partial charge in [-0.05, 0) is 132 Å². The van der Waals surface area contributed by atoms with Crippen LogP contribution in [0.2, 0.25) is 0 Å². The van der Waals surface area contributed by atoms with Crippen LogP contribution in [0.1, 0.15) is 123 Å². The molecule has 4 aliphatic rings. The van der Waals surface area contributed by atoms with Crippen LogP contribution in [-0.2, 0) is 65.2 Å². The summed E-state index contributed by atoms with van der Waals surface area (Å²) in [5, 5.41) is 0. The lowest BCUT2D eigenvalue weighted by Crippen LogP contribution is -2.32. The predicted octanol–water partition coefficient (Wildman–Crippen LogP) is 9.87. The highest BCUT2D eigenvalue weighted by Crippen LogP contribution is 2.56. The van der Waals surface area contributed by atoms with Crippen molar-refractivity contribution in [3.05, 3.63) is 155 Å². The van der Waals surface area contributed by atoms with Crippen LogP contribution in [0.4, 0.5) is 0 Å². The first-order valence-corrected chi connectivity index (χ1v) is 27.0. The number of aromatic nitrogens is 6. The molecule has 16 heteroatoms. The second kappa shape index (κ2) is 28.8. The molecular weight excluding hydrogens is 993 g/mol. The lowest BCUT2D eigenvalue weighted by Gasteiger charge is -2.30. The number of fused-ring (bicyclic) bond motifs is 2. The van der Waals surface area contributed by atoms with E-state index in [1.54, 1.807) is 28.4 Å². The number of ether oxygens (including phenoxy) is 2. The fourth-order valence-corrected chi connectivity index (χ4v) is 11.5. The quantitative estimate of drug-likeness (QED) is 0.0942. The van der Waals surface area contributed by atoms with Crippen LogP contribution in [0, 0.1) is 0 Å². The molecule has 11 rings (SSSR count). The Balaban J connectivity index is 0.000000411. The Kier molecular flexibility index (Phi) is 22.1. The number of hydrogen-bond acceptors (Lipinski definition) is 11. The molecule has 7 aromatic rings. The molecule has 6 N–H and O–H groups in total. The number of amides is 3. The summed E-state index contributed by atoms with van der Waals surface area (Å²) in [6.45, 7) is 11.6. The van der Waals surface area contributed by atoms with Gasteiger partial charge in [-0.15, -0.1) is 0 Å². The van der Waals surface area contributed by atoms with Crippen LogP contribution >= 0.6 is 0 Å². The summed E-state index contributed by atoms with van der Waals surface area (Å²) >= 11 is 0. The van der Waals surface area contributed by atoms with Crippen molar-refractivity contribution in [1.82, 2.24) is 39.7 Å². The van der Waals surface area contributed by atoms with Gasteiger partial charge >= 0.3 is 0 Å². The molecule has 2 aliphatic carbocycles. The van der Waals surface area contributed by atoms with Gasteiger partial charge in [0.05, 0.1) is 53.7 Å². The predicted molar refractivity (Wildman–Crippen MR) is 312 cm³/mol. The number of nitrogens with zero attached hydrogens (tertiary/aromatic N) is 6. The molecule has 0 saturated carbocycles. The first kappa shape index (κ1) is 60.6. The number of nitrogens with two attached hydrogens (primary N) is 2. The van der Waals surface area contributed by atoms with Gasteiger partial charge in [-0.25, -0.2) is 9.97 Å². The number of carbonyl (C=O) groups is 4. The van der Waals surface area contributed by atoms with Crippen LogP contribution in [0.15, 0.2) is 110 Å². The molecule has 0 spiro atoms. The van der Waals surface area contributed by atoms with Gasteiger partial charge in [0.15, 0.2) is 0 Å². The van der Waals surface area contributed by atoms with Crippen LogP contribution in [-0.4, -0.2) is 113 Å². The van der Waals surface area contributed by atoms with Crippen LogP contribution in [0.5, 0.6) is 0 Å². The third kappa shape index (κ3) is 14.7. The number of aldehydes is 1. The number of likely N-dealkylation sites (tertiary alicyclic amines) is 2. The van der Waals surface area contributed by atoms with Crippen molar-refractivity contribution >= 4 is 25.0 Å². The van der Waals surface area contributed by atoms with Gasteiger partial charge in [0, 0.05) is 64.9 Å². The molecule has 16 nitrogen and oxygen atoms in total. The molecule has 418 valence electrons. The Hall–Kier alpha value is -7.66. The van der Waals surface area contributed by atoms with Crippen LogP contribution in [0.25, 0.3) is 45.0 Å². The number of nitrogens with one attached hydrogen (secondary N) is 2.